The van der Waals surface area contributed by atoms with E-state index in [1.807, 2.05) is 24.3 Å². The molecule has 0 fully saturated rings. The summed E-state index contributed by atoms with van der Waals surface area (Å²) in [5, 5.41) is 6.31. The van der Waals surface area contributed by atoms with Crippen LogP contribution in [0, 0.1) is 0 Å². The molecule has 0 saturated carbocycles. The lowest BCUT2D eigenvalue weighted by atomic mass is 10.1. The van der Waals surface area contributed by atoms with Gasteiger partial charge in [0.05, 0.1) is 19.9 Å². The van der Waals surface area contributed by atoms with Crippen LogP contribution in [0.4, 0.5) is 0 Å². The van der Waals surface area contributed by atoms with Crippen LogP contribution in [0.2, 0.25) is 0 Å². The minimum absolute atomic E-state index is 0.124. The largest absolute Gasteiger partial charge is 0.497 e. The monoisotopic (exact) mass is 421 g/mol. The Bertz CT molecular complexity index is 756. The highest BCUT2D eigenvalue weighted by atomic mass is 79.9. The molecule has 2 rings (SSSR count). The molecule has 0 atom stereocenters. The summed E-state index contributed by atoms with van der Waals surface area (Å²) < 4.78 is 10.9. The fourth-order valence-corrected chi connectivity index (χ4v) is 2.44. The van der Waals surface area contributed by atoms with Crippen molar-refractivity contribution in [2.24, 2.45) is 5.10 Å². The topological polar surface area (TPSA) is 92.9 Å². The van der Waals surface area contributed by atoms with Gasteiger partial charge in [-0.3, -0.25) is 9.59 Å². The van der Waals surface area contributed by atoms with Crippen LogP contribution in [-0.4, -0.2) is 31.7 Å². The maximum absolute atomic E-state index is 11.8. The number of amides is 2. The lowest BCUT2D eigenvalue weighted by molar-refractivity contribution is -0.126. The van der Waals surface area contributed by atoms with Crippen molar-refractivity contribution in [2.45, 2.75) is 19.3 Å². The van der Waals surface area contributed by atoms with Gasteiger partial charge in [-0.1, -0.05) is 12.1 Å². The summed E-state index contributed by atoms with van der Waals surface area (Å²) in [7, 11) is 1.62. The predicted octanol–water partition coefficient (Wildman–Crippen LogP) is 2.64. The minimum atomic E-state index is -0.407. The third kappa shape index (κ3) is 7.10. The molecule has 0 saturated heterocycles. The number of aryl methyl sites for hydroxylation is 1. The zero-order valence-corrected chi connectivity index (χ0v) is 15.9. The van der Waals surface area contributed by atoms with Crippen LogP contribution in [0.3, 0.4) is 0 Å². The van der Waals surface area contributed by atoms with Gasteiger partial charge in [0, 0.05) is 6.42 Å². The van der Waals surface area contributed by atoms with Gasteiger partial charge in [0.1, 0.15) is 11.5 Å². The normalized spacial score (nSPS) is 10.7. The summed E-state index contributed by atoms with van der Waals surface area (Å²) in [5.74, 6) is 0.725. The van der Waals surface area contributed by atoms with Gasteiger partial charge in [-0.15, -0.1) is 0 Å². The van der Waals surface area contributed by atoms with Crippen molar-refractivity contribution in [3.63, 3.8) is 0 Å². The quantitative estimate of drug-likeness (QED) is 0.480. The fourth-order valence-electron chi connectivity index (χ4n) is 2.12. The molecule has 138 valence electrons. The molecule has 26 heavy (non-hydrogen) atoms. The summed E-state index contributed by atoms with van der Waals surface area (Å²) in [6.45, 7) is -0.124. The second-order valence-electron chi connectivity index (χ2n) is 5.41. The summed E-state index contributed by atoms with van der Waals surface area (Å²) >= 11 is 3.17. The fraction of sp³-hybridized carbons (Fsp3) is 0.278. The molecule has 0 aliphatic carbocycles. The van der Waals surface area contributed by atoms with E-state index in [0.717, 1.165) is 17.7 Å². The second-order valence-corrected chi connectivity index (χ2v) is 6.19. The lowest BCUT2D eigenvalue weighted by Crippen LogP contribution is -2.34. The standard InChI is InChI=1S/C18H20BrN3O4/c1-25-14-7-5-13(6-8-14)3-2-4-17(23)20-12-18(24)22-21-11-15-9-10-16(19)26-15/h5-11H,2-4,12H2,1H3,(H,20,23)(H,22,24)/b21-11-. The Kier molecular flexibility index (Phi) is 7.88. The van der Waals surface area contributed by atoms with Crippen LogP contribution in [-0.2, 0) is 16.0 Å². The molecule has 1 aromatic heterocycles. The highest BCUT2D eigenvalue weighted by Gasteiger charge is 2.05. The van der Waals surface area contributed by atoms with Crippen molar-refractivity contribution in [2.75, 3.05) is 13.7 Å². The van der Waals surface area contributed by atoms with Crippen molar-refractivity contribution >= 4 is 34.0 Å². The molecular formula is C18H20BrN3O4. The van der Waals surface area contributed by atoms with E-state index in [9.17, 15) is 9.59 Å². The number of hydrogen-bond acceptors (Lipinski definition) is 5. The van der Waals surface area contributed by atoms with Crippen LogP contribution in [0.15, 0.2) is 50.6 Å². The van der Waals surface area contributed by atoms with E-state index in [1.54, 1.807) is 19.2 Å². The Labute approximate surface area is 159 Å². The molecule has 1 aromatic carbocycles. The van der Waals surface area contributed by atoms with Crippen molar-refractivity contribution in [1.29, 1.82) is 0 Å². The first-order valence-corrected chi connectivity index (χ1v) is 8.83. The first kappa shape index (κ1) is 19.7. The van der Waals surface area contributed by atoms with Crippen LogP contribution in [0.5, 0.6) is 5.75 Å². The van der Waals surface area contributed by atoms with Crippen LogP contribution in [0.1, 0.15) is 24.2 Å². The Hall–Kier alpha value is -2.61. The zero-order chi connectivity index (χ0) is 18.8. The van der Waals surface area contributed by atoms with Gasteiger partial charge in [0.2, 0.25) is 5.91 Å². The molecule has 8 heteroatoms. The summed E-state index contributed by atoms with van der Waals surface area (Å²) in [6, 6.07) is 11.1. The van der Waals surface area contributed by atoms with Gasteiger partial charge in [0.15, 0.2) is 4.67 Å². The average Bonchev–Trinajstić information content (AvgIpc) is 3.06. The van der Waals surface area contributed by atoms with E-state index in [2.05, 4.69) is 31.8 Å². The summed E-state index contributed by atoms with van der Waals surface area (Å²) in [6.07, 6.45) is 3.21. The molecule has 1 heterocycles. The second kappa shape index (κ2) is 10.4. The van der Waals surface area contributed by atoms with Gasteiger partial charge in [0.25, 0.3) is 5.91 Å². The average molecular weight is 422 g/mol. The first-order chi connectivity index (χ1) is 12.6. The van der Waals surface area contributed by atoms with Crippen molar-refractivity contribution < 1.29 is 18.7 Å². The first-order valence-electron chi connectivity index (χ1n) is 8.03. The molecule has 2 aromatic rings. The Morgan fingerprint density at radius 2 is 1.96 bits per heavy atom. The number of ether oxygens (including phenoxy) is 1. The van der Waals surface area contributed by atoms with Crippen molar-refractivity contribution in [3.8, 4) is 5.75 Å². The van der Waals surface area contributed by atoms with Crippen LogP contribution >= 0.6 is 15.9 Å². The lowest BCUT2D eigenvalue weighted by Gasteiger charge is -2.05. The molecule has 0 bridgehead atoms. The SMILES string of the molecule is COc1ccc(CCCC(=O)NCC(=O)N/N=C\c2ccc(Br)o2)cc1. The van der Waals surface area contributed by atoms with Crippen LogP contribution < -0.4 is 15.5 Å². The number of benzene rings is 1. The van der Waals surface area contributed by atoms with E-state index >= 15 is 0 Å². The number of hydrazone groups is 1. The van der Waals surface area contributed by atoms with Gasteiger partial charge >= 0.3 is 0 Å². The van der Waals surface area contributed by atoms with Crippen molar-refractivity contribution in [1.82, 2.24) is 10.7 Å². The number of rotatable bonds is 9. The molecule has 2 amide bonds. The third-order valence-corrected chi connectivity index (χ3v) is 3.88. The molecule has 0 radical (unpaired) electrons. The molecule has 7 nitrogen and oxygen atoms in total. The minimum Gasteiger partial charge on any atom is -0.497 e. The predicted molar refractivity (Wildman–Crippen MR) is 101 cm³/mol. The Balaban J connectivity index is 1.60. The number of nitrogens with one attached hydrogen (secondary N) is 2. The Morgan fingerprint density at radius 1 is 1.19 bits per heavy atom. The van der Waals surface area contributed by atoms with E-state index in [0.29, 0.717) is 23.3 Å². The molecule has 2 N–H and O–H groups in total. The van der Waals surface area contributed by atoms with Crippen LogP contribution in [0.25, 0.3) is 0 Å². The third-order valence-electron chi connectivity index (χ3n) is 3.45. The van der Waals surface area contributed by atoms with E-state index in [4.69, 9.17) is 9.15 Å². The van der Waals surface area contributed by atoms with Gasteiger partial charge in [-0.25, -0.2) is 5.43 Å². The zero-order valence-electron chi connectivity index (χ0n) is 14.3. The molecule has 0 aliphatic heterocycles. The number of carbonyl (C=O) groups is 2. The number of hydrogen-bond donors (Lipinski definition) is 2. The smallest absolute Gasteiger partial charge is 0.259 e. The maximum Gasteiger partial charge on any atom is 0.259 e. The molecule has 0 unspecified atom stereocenters. The molecule has 0 aliphatic rings. The molecule has 0 spiro atoms. The number of furan rings is 1. The highest BCUT2D eigenvalue weighted by molar-refractivity contribution is 9.10. The number of carbonyl (C=O) groups excluding carboxylic acids is 2. The summed E-state index contributed by atoms with van der Waals surface area (Å²) in [4.78, 5) is 23.4. The van der Waals surface area contributed by atoms with E-state index in [1.165, 1.54) is 6.21 Å². The van der Waals surface area contributed by atoms with E-state index < -0.39 is 5.91 Å². The Morgan fingerprint density at radius 3 is 2.62 bits per heavy atom. The number of methoxy groups -OCH3 is 1. The molecular weight excluding hydrogens is 402 g/mol. The van der Waals surface area contributed by atoms with Gasteiger partial charge in [-0.2, -0.15) is 5.10 Å². The van der Waals surface area contributed by atoms with Gasteiger partial charge < -0.3 is 14.5 Å². The summed E-state index contributed by atoms with van der Waals surface area (Å²) in [5.41, 5.74) is 3.45. The van der Waals surface area contributed by atoms with Crippen molar-refractivity contribution in [3.05, 3.63) is 52.4 Å². The highest BCUT2D eigenvalue weighted by Crippen LogP contribution is 2.13. The number of nitrogens with zero attached hydrogens (tertiary/aromatic N) is 1. The maximum atomic E-state index is 11.8. The number of halogens is 1. The van der Waals surface area contributed by atoms with Gasteiger partial charge in [-0.05, 0) is 58.6 Å². The van der Waals surface area contributed by atoms with E-state index in [-0.39, 0.29) is 12.5 Å².